The number of likely N-dealkylation sites (N-methyl/N-ethyl adjacent to an activating group) is 1. The van der Waals surface area contributed by atoms with E-state index in [1.54, 1.807) is 12.4 Å². The lowest BCUT2D eigenvalue weighted by molar-refractivity contribution is -0.132. The van der Waals surface area contributed by atoms with Crippen molar-refractivity contribution in [2.24, 2.45) is 5.92 Å². The van der Waals surface area contributed by atoms with Crippen molar-refractivity contribution in [2.45, 2.75) is 25.7 Å². The molecule has 0 bridgehead atoms. The lowest BCUT2D eigenvalue weighted by Gasteiger charge is -2.21. The lowest BCUT2D eigenvalue weighted by atomic mass is 10.1. The number of pyridine rings is 1. The first-order valence-electron chi connectivity index (χ1n) is 8.02. The fourth-order valence-corrected chi connectivity index (χ4v) is 3.01. The molecule has 2 atom stereocenters. The molecule has 0 radical (unpaired) electrons. The third kappa shape index (κ3) is 3.35. The van der Waals surface area contributed by atoms with Crippen molar-refractivity contribution >= 4 is 5.91 Å². The van der Waals surface area contributed by atoms with Gasteiger partial charge in [-0.2, -0.15) is 0 Å². The summed E-state index contributed by atoms with van der Waals surface area (Å²) in [6, 6.07) is 14.4. The van der Waals surface area contributed by atoms with E-state index >= 15 is 0 Å². The summed E-state index contributed by atoms with van der Waals surface area (Å²) in [5.74, 6) is 0.911. The molecule has 1 aromatic heterocycles. The Morgan fingerprint density at radius 3 is 2.59 bits per heavy atom. The molecule has 0 spiro atoms. The highest BCUT2D eigenvalue weighted by atomic mass is 16.2. The number of carbonyl (C=O) groups excluding carboxylic acids is 1. The van der Waals surface area contributed by atoms with Crippen LogP contribution in [0.3, 0.4) is 0 Å². The maximum atomic E-state index is 12.7. The summed E-state index contributed by atoms with van der Waals surface area (Å²) in [6.07, 6.45) is 5.50. The smallest absolute Gasteiger partial charge is 0.226 e. The molecule has 1 aromatic carbocycles. The average Bonchev–Trinajstić information content (AvgIpc) is 3.38. The summed E-state index contributed by atoms with van der Waals surface area (Å²) in [5, 5.41) is 0. The zero-order chi connectivity index (χ0) is 15.4. The van der Waals surface area contributed by atoms with Crippen LogP contribution in [-0.4, -0.2) is 28.9 Å². The molecule has 3 nitrogen and oxygen atoms in total. The summed E-state index contributed by atoms with van der Waals surface area (Å²) >= 11 is 0. The van der Waals surface area contributed by atoms with Crippen LogP contribution >= 0.6 is 0 Å². The van der Waals surface area contributed by atoms with E-state index in [0.717, 1.165) is 25.9 Å². The topological polar surface area (TPSA) is 33.2 Å². The molecule has 1 heterocycles. The number of hydrogen-bond donors (Lipinski definition) is 0. The highest BCUT2D eigenvalue weighted by molar-refractivity contribution is 5.83. The Bertz CT molecular complexity index is 612. The normalized spacial score (nSPS) is 19.7. The van der Waals surface area contributed by atoms with Crippen LogP contribution in [0, 0.1) is 5.92 Å². The highest BCUT2D eigenvalue weighted by Gasteiger charge is 2.45. The maximum absolute atomic E-state index is 12.7. The standard InChI is InChI=1S/C19H22N2O/c1-2-21(13-10-15-8-11-20-12-9-15)19(22)18-14-17(18)16-6-4-3-5-7-16/h3-9,11-12,17-18H,2,10,13-14H2,1H3. The molecular formula is C19H22N2O. The van der Waals surface area contributed by atoms with Crippen LogP contribution in [0.1, 0.15) is 30.4 Å². The average molecular weight is 294 g/mol. The van der Waals surface area contributed by atoms with Crippen molar-refractivity contribution in [3.63, 3.8) is 0 Å². The van der Waals surface area contributed by atoms with Crippen LogP contribution in [0.25, 0.3) is 0 Å². The highest BCUT2D eigenvalue weighted by Crippen LogP contribution is 2.48. The van der Waals surface area contributed by atoms with Gasteiger partial charge in [0, 0.05) is 31.4 Å². The molecule has 3 heteroatoms. The predicted molar refractivity (Wildman–Crippen MR) is 87.5 cm³/mol. The molecule has 0 N–H and O–H groups in total. The van der Waals surface area contributed by atoms with E-state index in [4.69, 9.17) is 0 Å². The van der Waals surface area contributed by atoms with Crippen molar-refractivity contribution in [1.29, 1.82) is 0 Å². The third-order valence-corrected chi connectivity index (χ3v) is 4.45. The first-order chi connectivity index (χ1) is 10.8. The van der Waals surface area contributed by atoms with Gasteiger partial charge in [-0.1, -0.05) is 30.3 Å². The quantitative estimate of drug-likeness (QED) is 0.819. The van der Waals surface area contributed by atoms with Crippen LogP contribution < -0.4 is 0 Å². The van der Waals surface area contributed by atoms with E-state index in [2.05, 4.69) is 36.2 Å². The lowest BCUT2D eigenvalue weighted by Crippen LogP contribution is -2.34. The number of amides is 1. The van der Waals surface area contributed by atoms with Crippen LogP contribution in [0.4, 0.5) is 0 Å². The molecule has 0 aliphatic heterocycles. The molecule has 22 heavy (non-hydrogen) atoms. The summed E-state index contributed by atoms with van der Waals surface area (Å²) in [5.41, 5.74) is 2.53. The molecule has 3 rings (SSSR count). The summed E-state index contributed by atoms with van der Waals surface area (Å²) in [6.45, 7) is 3.63. The molecule has 2 aromatic rings. The van der Waals surface area contributed by atoms with Crippen molar-refractivity contribution < 1.29 is 4.79 Å². The van der Waals surface area contributed by atoms with Crippen LogP contribution in [-0.2, 0) is 11.2 Å². The summed E-state index contributed by atoms with van der Waals surface area (Å²) < 4.78 is 0. The maximum Gasteiger partial charge on any atom is 0.226 e. The third-order valence-electron chi connectivity index (χ3n) is 4.45. The van der Waals surface area contributed by atoms with Gasteiger partial charge in [-0.3, -0.25) is 9.78 Å². The second kappa shape index (κ2) is 6.73. The second-order valence-electron chi connectivity index (χ2n) is 5.88. The van der Waals surface area contributed by atoms with Crippen LogP contribution in [0.15, 0.2) is 54.9 Å². The number of benzene rings is 1. The van der Waals surface area contributed by atoms with Gasteiger partial charge in [0.25, 0.3) is 0 Å². The SMILES string of the molecule is CCN(CCc1ccncc1)C(=O)C1CC1c1ccccc1. The second-order valence-corrected chi connectivity index (χ2v) is 5.88. The van der Waals surface area contributed by atoms with Gasteiger partial charge in [-0.05, 0) is 48.9 Å². The van der Waals surface area contributed by atoms with Gasteiger partial charge in [0.1, 0.15) is 0 Å². The Hall–Kier alpha value is -2.16. The predicted octanol–water partition coefficient (Wildman–Crippen LogP) is 3.28. The molecule has 114 valence electrons. The minimum absolute atomic E-state index is 0.180. The molecule has 1 amide bonds. The first kappa shape index (κ1) is 14.8. The van der Waals surface area contributed by atoms with Gasteiger partial charge >= 0.3 is 0 Å². The first-order valence-corrected chi connectivity index (χ1v) is 8.02. The van der Waals surface area contributed by atoms with E-state index in [1.807, 2.05) is 23.1 Å². The number of aromatic nitrogens is 1. The van der Waals surface area contributed by atoms with E-state index < -0.39 is 0 Å². The number of carbonyl (C=O) groups is 1. The Morgan fingerprint density at radius 2 is 1.91 bits per heavy atom. The van der Waals surface area contributed by atoms with Crippen molar-refractivity contribution in [1.82, 2.24) is 9.88 Å². The number of nitrogens with zero attached hydrogens (tertiary/aromatic N) is 2. The monoisotopic (exact) mass is 294 g/mol. The molecule has 1 fully saturated rings. The molecule has 2 unspecified atom stereocenters. The van der Waals surface area contributed by atoms with Gasteiger partial charge in [0.2, 0.25) is 5.91 Å². The summed E-state index contributed by atoms with van der Waals surface area (Å²) in [4.78, 5) is 18.7. The van der Waals surface area contributed by atoms with Gasteiger partial charge in [0.05, 0.1) is 0 Å². The largest absolute Gasteiger partial charge is 0.342 e. The Kier molecular flexibility index (Phi) is 4.52. The Morgan fingerprint density at radius 1 is 1.18 bits per heavy atom. The molecule has 1 aliphatic carbocycles. The van der Waals surface area contributed by atoms with E-state index in [-0.39, 0.29) is 5.92 Å². The zero-order valence-corrected chi connectivity index (χ0v) is 13.0. The van der Waals surface area contributed by atoms with Crippen molar-refractivity contribution in [2.75, 3.05) is 13.1 Å². The van der Waals surface area contributed by atoms with Gasteiger partial charge < -0.3 is 4.90 Å². The zero-order valence-electron chi connectivity index (χ0n) is 13.0. The van der Waals surface area contributed by atoms with Crippen LogP contribution in [0.5, 0.6) is 0 Å². The molecule has 1 saturated carbocycles. The van der Waals surface area contributed by atoms with E-state index in [9.17, 15) is 4.79 Å². The van der Waals surface area contributed by atoms with Crippen LogP contribution in [0.2, 0.25) is 0 Å². The van der Waals surface area contributed by atoms with Gasteiger partial charge in [-0.15, -0.1) is 0 Å². The number of rotatable bonds is 6. The molecule has 0 saturated heterocycles. The fraction of sp³-hybridized carbons (Fsp3) is 0.368. The van der Waals surface area contributed by atoms with Gasteiger partial charge in [-0.25, -0.2) is 0 Å². The Labute approximate surface area is 132 Å². The summed E-state index contributed by atoms with van der Waals surface area (Å²) in [7, 11) is 0. The minimum atomic E-state index is 0.180. The Balaban J connectivity index is 1.57. The molecule has 1 aliphatic rings. The van der Waals surface area contributed by atoms with Gasteiger partial charge in [0.15, 0.2) is 0 Å². The van der Waals surface area contributed by atoms with Crippen molar-refractivity contribution in [3.05, 3.63) is 66.0 Å². The van der Waals surface area contributed by atoms with Crippen molar-refractivity contribution in [3.8, 4) is 0 Å². The fourth-order valence-electron chi connectivity index (χ4n) is 3.01. The van der Waals surface area contributed by atoms with E-state index in [1.165, 1.54) is 11.1 Å². The molecular weight excluding hydrogens is 272 g/mol. The van der Waals surface area contributed by atoms with E-state index in [0.29, 0.717) is 11.8 Å². The minimum Gasteiger partial charge on any atom is -0.342 e. The number of hydrogen-bond acceptors (Lipinski definition) is 2.